The molecule has 0 aliphatic rings. The number of nitrogens with one attached hydrogen (secondary N) is 2. The van der Waals surface area contributed by atoms with Crippen molar-refractivity contribution >= 4 is 34.8 Å². The molecule has 0 atom stereocenters. The highest BCUT2D eigenvalue weighted by atomic mass is 35.5. The first-order chi connectivity index (χ1) is 13.3. The van der Waals surface area contributed by atoms with Crippen molar-refractivity contribution < 1.29 is 22.9 Å². The Morgan fingerprint density at radius 2 is 1.86 bits per heavy atom. The number of nitrogens with zero attached hydrogens (tertiary/aromatic N) is 1. The lowest BCUT2D eigenvalue weighted by Gasteiger charge is -2.10. The average Bonchev–Trinajstić information content (AvgIpc) is 2.98. The monoisotopic (exact) mass is 405 g/mol. The van der Waals surface area contributed by atoms with E-state index < -0.39 is 17.5 Å². The molecule has 0 aliphatic heterocycles. The van der Waals surface area contributed by atoms with Crippen molar-refractivity contribution in [2.24, 2.45) is 0 Å². The maximum Gasteiger partial charge on any atom is 0.261 e. The van der Waals surface area contributed by atoms with Crippen molar-refractivity contribution in [3.8, 4) is 11.3 Å². The van der Waals surface area contributed by atoms with Crippen molar-refractivity contribution in [2.75, 3.05) is 10.6 Å². The molecule has 144 valence electrons. The zero-order valence-electron chi connectivity index (χ0n) is 14.8. The third-order valence-corrected chi connectivity index (χ3v) is 4.14. The summed E-state index contributed by atoms with van der Waals surface area (Å²) in [6.45, 7) is 2.76. The molecular formula is C19H14ClF2N3O3. The van der Waals surface area contributed by atoms with E-state index in [1.807, 2.05) is 0 Å². The van der Waals surface area contributed by atoms with E-state index >= 15 is 0 Å². The summed E-state index contributed by atoms with van der Waals surface area (Å²) in [5, 5.41) is 8.66. The summed E-state index contributed by atoms with van der Waals surface area (Å²) < 4.78 is 33.4. The Balaban J connectivity index is 1.99. The maximum atomic E-state index is 14.3. The molecule has 0 unspecified atom stereocenters. The van der Waals surface area contributed by atoms with Gasteiger partial charge in [-0.05, 0) is 37.3 Å². The number of anilines is 2. The van der Waals surface area contributed by atoms with Crippen LogP contribution in [0, 0.1) is 18.6 Å². The van der Waals surface area contributed by atoms with Crippen LogP contribution in [0.5, 0.6) is 0 Å². The van der Waals surface area contributed by atoms with Gasteiger partial charge in [-0.3, -0.25) is 9.59 Å². The minimum Gasteiger partial charge on any atom is -0.360 e. The first kappa shape index (κ1) is 19.5. The van der Waals surface area contributed by atoms with Crippen LogP contribution in [0.1, 0.15) is 23.0 Å². The Labute approximate surface area is 163 Å². The van der Waals surface area contributed by atoms with Crippen LogP contribution < -0.4 is 10.6 Å². The fourth-order valence-electron chi connectivity index (χ4n) is 2.62. The molecule has 3 aromatic rings. The van der Waals surface area contributed by atoms with Gasteiger partial charge in [-0.15, -0.1) is 0 Å². The van der Waals surface area contributed by atoms with E-state index in [9.17, 15) is 18.4 Å². The van der Waals surface area contributed by atoms with Crippen LogP contribution >= 0.6 is 11.6 Å². The van der Waals surface area contributed by atoms with Crippen molar-refractivity contribution in [1.82, 2.24) is 5.16 Å². The highest BCUT2D eigenvalue weighted by Crippen LogP contribution is 2.34. The summed E-state index contributed by atoms with van der Waals surface area (Å²) in [6, 6.07) is 7.73. The van der Waals surface area contributed by atoms with Gasteiger partial charge in [-0.1, -0.05) is 22.8 Å². The number of carbonyl (C=O) groups is 2. The fraction of sp³-hybridized carbons (Fsp3) is 0.105. The molecule has 0 saturated heterocycles. The Morgan fingerprint density at radius 1 is 1.11 bits per heavy atom. The number of halogens is 3. The van der Waals surface area contributed by atoms with Gasteiger partial charge in [-0.25, -0.2) is 8.78 Å². The number of rotatable bonds is 4. The van der Waals surface area contributed by atoms with E-state index in [2.05, 4.69) is 15.8 Å². The lowest BCUT2D eigenvalue weighted by molar-refractivity contribution is -0.114. The summed E-state index contributed by atoms with van der Waals surface area (Å²) >= 11 is 6.05. The van der Waals surface area contributed by atoms with Gasteiger partial charge >= 0.3 is 0 Å². The van der Waals surface area contributed by atoms with E-state index in [0.29, 0.717) is 5.69 Å². The second kappa shape index (κ2) is 7.77. The molecular weight excluding hydrogens is 392 g/mol. The minimum atomic E-state index is -0.771. The molecule has 0 fully saturated rings. The molecule has 9 heteroatoms. The van der Waals surface area contributed by atoms with Crippen LogP contribution in [0.4, 0.5) is 20.2 Å². The fourth-order valence-corrected chi connectivity index (χ4v) is 2.87. The van der Waals surface area contributed by atoms with Crippen molar-refractivity contribution in [3.05, 3.63) is 64.4 Å². The zero-order valence-corrected chi connectivity index (χ0v) is 15.5. The maximum absolute atomic E-state index is 14.3. The standard InChI is InChI=1S/C19H14ClF2N3O3/c1-9-16(18(25-28-9)17-12(20)4-3-5-14(17)22)19(27)24-15-8-11(23-10(2)26)6-7-13(15)21/h3-8H,1-2H3,(H,23,26)(H,24,27). The second-order valence-corrected chi connectivity index (χ2v) is 6.30. The highest BCUT2D eigenvalue weighted by Gasteiger charge is 2.26. The van der Waals surface area contributed by atoms with Gasteiger partial charge in [0.05, 0.1) is 16.3 Å². The van der Waals surface area contributed by atoms with Gasteiger partial charge < -0.3 is 15.2 Å². The number of benzene rings is 2. The molecule has 2 amide bonds. The Hall–Kier alpha value is -3.26. The molecule has 2 aromatic carbocycles. The quantitative estimate of drug-likeness (QED) is 0.653. The number of aryl methyl sites for hydroxylation is 1. The first-order valence-corrected chi connectivity index (χ1v) is 8.45. The summed E-state index contributed by atoms with van der Waals surface area (Å²) in [7, 11) is 0. The van der Waals surface area contributed by atoms with Crippen molar-refractivity contribution in [1.29, 1.82) is 0 Å². The van der Waals surface area contributed by atoms with Gasteiger partial charge in [0.1, 0.15) is 28.7 Å². The van der Waals surface area contributed by atoms with E-state index in [-0.39, 0.29) is 39.2 Å². The van der Waals surface area contributed by atoms with Crippen LogP contribution in [0.15, 0.2) is 40.9 Å². The third kappa shape index (κ3) is 3.86. The minimum absolute atomic E-state index is 0.0428. The molecule has 3 rings (SSSR count). The van der Waals surface area contributed by atoms with E-state index in [4.69, 9.17) is 16.1 Å². The SMILES string of the molecule is CC(=O)Nc1ccc(F)c(NC(=O)c2c(-c3c(F)cccc3Cl)noc2C)c1. The van der Waals surface area contributed by atoms with Crippen molar-refractivity contribution in [3.63, 3.8) is 0 Å². The lowest BCUT2D eigenvalue weighted by atomic mass is 10.0. The molecule has 1 aromatic heterocycles. The van der Waals surface area contributed by atoms with Gasteiger partial charge in [-0.2, -0.15) is 0 Å². The summed E-state index contributed by atoms with van der Waals surface area (Å²) in [4.78, 5) is 23.9. The topological polar surface area (TPSA) is 84.2 Å². The van der Waals surface area contributed by atoms with Crippen LogP contribution in [-0.2, 0) is 4.79 Å². The van der Waals surface area contributed by atoms with Crippen LogP contribution in [0.2, 0.25) is 5.02 Å². The Kier molecular flexibility index (Phi) is 5.41. The lowest BCUT2D eigenvalue weighted by Crippen LogP contribution is -2.15. The molecule has 0 saturated carbocycles. The summed E-state index contributed by atoms with van der Waals surface area (Å²) in [5.74, 6) is -2.43. The zero-order chi connectivity index (χ0) is 20.4. The van der Waals surface area contributed by atoms with Gasteiger partial charge in [0.15, 0.2) is 0 Å². The number of carbonyl (C=O) groups excluding carboxylic acids is 2. The van der Waals surface area contributed by atoms with Gasteiger partial charge in [0, 0.05) is 12.6 Å². The Morgan fingerprint density at radius 3 is 2.54 bits per heavy atom. The Bertz CT molecular complexity index is 1060. The molecule has 2 N–H and O–H groups in total. The van der Waals surface area contributed by atoms with E-state index in [1.54, 1.807) is 0 Å². The van der Waals surface area contributed by atoms with Crippen LogP contribution in [0.25, 0.3) is 11.3 Å². The molecule has 0 aliphatic carbocycles. The highest BCUT2D eigenvalue weighted by molar-refractivity contribution is 6.33. The molecule has 6 nitrogen and oxygen atoms in total. The summed E-state index contributed by atoms with van der Waals surface area (Å²) in [6.07, 6.45) is 0. The molecule has 0 spiro atoms. The van der Waals surface area contributed by atoms with Crippen molar-refractivity contribution in [2.45, 2.75) is 13.8 Å². The predicted octanol–water partition coefficient (Wildman–Crippen LogP) is 4.79. The normalized spacial score (nSPS) is 10.6. The third-order valence-electron chi connectivity index (χ3n) is 3.82. The van der Waals surface area contributed by atoms with Crippen LogP contribution in [0.3, 0.4) is 0 Å². The second-order valence-electron chi connectivity index (χ2n) is 5.89. The average molecular weight is 406 g/mol. The van der Waals surface area contributed by atoms with Gasteiger partial charge in [0.2, 0.25) is 5.91 Å². The first-order valence-electron chi connectivity index (χ1n) is 8.07. The molecule has 0 radical (unpaired) electrons. The number of hydrogen-bond acceptors (Lipinski definition) is 4. The summed E-state index contributed by atoms with van der Waals surface area (Å²) in [5.41, 5.74) is -0.169. The molecule has 0 bridgehead atoms. The smallest absolute Gasteiger partial charge is 0.261 e. The number of hydrogen-bond donors (Lipinski definition) is 2. The predicted molar refractivity (Wildman–Crippen MR) is 100 cm³/mol. The largest absolute Gasteiger partial charge is 0.360 e. The molecule has 1 heterocycles. The van der Waals surface area contributed by atoms with E-state index in [1.165, 1.54) is 44.2 Å². The van der Waals surface area contributed by atoms with Crippen LogP contribution in [-0.4, -0.2) is 17.0 Å². The van der Waals surface area contributed by atoms with Gasteiger partial charge in [0.25, 0.3) is 5.91 Å². The molecule has 28 heavy (non-hydrogen) atoms. The number of amides is 2. The number of aromatic nitrogens is 1. The van der Waals surface area contributed by atoms with E-state index in [0.717, 1.165) is 6.07 Å².